The Labute approximate surface area is 103 Å². The molecule has 3 atom stereocenters. The topological polar surface area (TPSA) is 24.4 Å². The third-order valence-corrected chi connectivity index (χ3v) is 5.50. The summed E-state index contributed by atoms with van der Waals surface area (Å²) in [6.45, 7) is 4.61. The van der Waals surface area contributed by atoms with Crippen molar-refractivity contribution >= 4 is 16.9 Å². The van der Waals surface area contributed by atoms with Crippen LogP contribution >= 0.6 is 11.8 Å². The SMILES string of the molecule is CC1CCC(CNC2=NCC(C3CC3)S2)C1. The number of thioether (sulfide) groups is 1. The van der Waals surface area contributed by atoms with Gasteiger partial charge >= 0.3 is 0 Å². The van der Waals surface area contributed by atoms with Gasteiger partial charge in [0, 0.05) is 11.8 Å². The maximum Gasteiger partial charge on any atom is 0.156 e. The number of hydrogen-bond acceptors (Lipinski definition) is 3. The molecule has 0 aromatic carbocycles. The molecule has 3 rings (SSSR count). The van der Waals surface area contributed by atoms with Gasteiger partial charge in [-0.05, 0) is 43.4 Å². The highest BCUT2D eigenvalue weighted by Gasteiger charge is 2.35. The third kappa shape index (κ3) is 2.55. The fraction of sp³-hybridized carbons (Fsp3) is 0.923. The van der Waals surface area contributed by atoms with Crippen LogP contribution in [0.2, 0.25) is 0 Å². The first-order valence-corrected chi connectivity index (χ1v) is 7.64. The molecule has 2 fully saturated rings. The zero-order valence-electron chi connectivity index (χ0n) is 10.1. The molecule has 1 heterocycles. The monoisotopic (exact) mass is 238 g/mol. The highest BCUT2D eigenvalue weighted by Crippen LogP contribution is 2.41. The summed E-state index contributed by atoms with van der Waals surface area (Å²) in [4.78, 5) is 4.63. The highest BCUT2D eigenvalue weighted by atomic mass is 32.2. The van der Waals surface area contributed by atoms with Gasteiger partial charge in [0.25, 0.3) is 0 Å². The Morgan fingerprint density at radius 1 is 1.31 bits per heavy atom. The summed E-state index contributed by atoms with van der Waals surface area (Å²) < 4.78 is 0. The number of hydrogen-bond donors (Lipinski definition) is 1. The van der Waals surface area contributed by atoms with Crippen molar-refractivity contribution in [1.29, 1.82) is 0 Å². The van der Waals surface area contributed by atoms with Crippen molar-refractivity contribution in [2.24, 2.45) is 22.7 Å². The normalized spacial score (nSPS) is 38.8. The maximum atomic E-state index is 4.63. The van der Waals surface area contributed by atoms with Crippen molar-refractivity contribution in [1.82, 2.24) is 5.32 Å². The standard InChI is InChI=1S/C13H22N2S/c1-9-2-3-10(6-9)7-14-13-15-8-12(16-13)11-4-5-11/h9-12H,2-8H2,1H3,(H,14,15). The van der Waals surface area contributed by atoms with Gasteiger partial charge in [-0.25, -0.2) is 0 Å². The maximum absolute atomic E-state index is 4.63. The zero-order chi connectivity index (χ0) is 11.0. The van der Waals surface area contributed by atoms with Crippen LogP contribution in [-0.4, -0.2) is 23.5 Å². The minimum absolute atomic E-state index is 0.810. The van der Waals surface area contributed by atoms with Crippen LogP contribution in [0, 0.1) is 17.8 Å². The van der Waals surface area contributed by atoms with E-state index in [4.69, 9.17) is 0 Å². The van der Waals surface area contributed by atoms with E-state index in [9.17, 15) is 0 Å². The Morgan fingerprint density at radius 2 is 2.19 bits per heavy atom. The van der Waals surface area contributed by atoms with E-state index in [1.165, 1.54) is 37.3 Å². The van der Waals surface area contributed by atoms with E-state index in [1.54, 1.807) is 0 Å². The van der Waals surface area contributed by atoms with E-state index < -0.39 is 0 Å². The number of aliphatic imine (C=N–C) groups is 1. The summed E-state index contributed by atoms with van der Waals surface area (Å²) >= 11 is 2.00. The van der Waals surface area contributed by atoms with Gasteiger partial charge in [0.2, 0.25) is 0 Å². The fourth-order valence-electron chi connectivity index (χ4n) is 2.94. The molecule has 0 aromatic rings. The van der Waals surface area contributed by atoms with E-state index in [1.807, 2.05) is 11.8 Å². The molecular weight excluding hydrogens is 216 g/mol. The van der Waals surface area contributed by atoms with Gasteiger partial charge in [-0.1, -0.05) is 25.1 Å². The van der Waals surface area contributed by atoms with Crippen molar-refractivity contribution in [2.45, 2.75) is 44.3 Å². The molecule has 90 valence electrons. The summed E-state index contributed by atoms with van der Waals surface area (Å²) in [5.74, 6) is 2.84. The lowest BCUT2D eigenvalue weighted by atomic mass is 10.1. The third-order valence-electron chi connectivity index (χ3n) is 4.17. The second-order valence-corrected chi connectivity index (χ2v) is 7.03. The first-order chi connectivity index (χ1) is 7.81. The molecule has 3 unspecified atom stereocenters. The molecule has 2 saturated carbocycles. The van der Waals surface area contributed by atoms with E-state index in [-0.39, 0.29) is 0 Å². The van der Waals surface area contributed by atoms with Crippen LogP contribution in [0.1, 0.15) is 39.0 Å². The minimum atomic E-state index is 0.810. The molecule has 2 nitrogen and oxygen atoms in total. The van der Waals surface area contributed by atoms with Gasteiger partial charge in [-0.2, -0.15) is 0 Å². The lowest BCUT2D eigenvalue weighted by Crippen LogP contribution is -2.25. The summed E-state index contributed by atoms with van der Waals surface area (Å²) in [5, 5.41) is 5.61. The molecular formula is C13H22N2S. The lowest BCUT2D eigenvalue weighted by Gasteiger charge is -2.12. The van der Waals surface area contributed by atoms with Crippen molar-refractivity contribution in [3.63, 3.8) is 0 Å². The van der Waals surface area contributed by atoms with Crippen LogP contribution in [0.25, 0.3) is 0 Å². The molecule has 1 N–H and O–H groups in total. The molecule has 16 heavy (non-hydrogen) atoms. The Bertz CT molecular complexity index is 286. The first kappa shape index (κ1) is 10.9. The van der Waals surface area contributed by atoms with Crippen molar-refractivity contribution in [3.05, 3.63) is 0 Å². The van der Waals surface area contributed by atoms with Crippen LogP contribution in [0.15, 0.2) is 4.99 Å². The lowest BCUT2D eigenvalue weighted by molar-refractivity contribution is 0.508. The first-order valence-electron chi connectivity index (χ1n) is 6.76. The van der Waals surface area contributed by atoms with Crippen molar-refractivity contribution in [2.75, 3.05) is 13.1 Å². The van der Waals surface area contributed by atoms with E-state index >= 15 is 0 Å². The van der Waals surface area contributed by atoms with Gasteiger partial charge in [0.15, 0.2) is 5.17 Å². The second-order valence-electron chi connectivity index (χ2n) is 5.80. The molecule has 0 spiro atoms. The number of nitrogens with one attached hydrogen (secondary N) is 1. The molecule has 3 aliphatic rings. The fourth-order valence-corrected chi connectivity index (χ4v) is 4.16. The van der Waals surface area contributed by atoms with Crippen molar-refractivity contribution in [3.8, 4) is 0 Å². The van der Waals surface area contributed by atoms with Gasteiger partial charge in [0.05, 0.1) is 6.54 Å². The molecule has 0 aromatic heterocycles. The van der Waals surface area contributed by atoms with Gasteiger partial charge < -0.3 is 5.32 Å². The van der Waals surface area contributed by atoms with Crippen LogP contribution < -0.4 is 5.32 Å². The molecule has 0 radical (unpaired) electrons. The van der Waals surface area contributed by atoms with E-state index in [2.05, 4.69) is 17.2 Å². The van der Waals surface area contributed by atoms with Gasteiger partial charge in [-0.15, -0.1) is 0 Å². The van der Waals surface area contributed by atoms with Gasteiger partial charge in [-0.3, -0.25) is 4.99 Å². The smallest absolute Gasteiger partial charge is 0.156 e. The van der Waals surface area contributed by atoms with Crippen molar-refractivity contribution < 1.29 is 0 Å². The predicted octanol–water partition coefficient (Wildman–Crippen LogP) is 2.89. The largest absolute Gasteiger partial charge is 0.365 e. The zero-order valence-corrected chi connectivity index (χ0v) is 10.9. The molecule has 0 saturated heterocycles. The van der Waals surface area contributed by atoms with E-state index in [0.29, 0.717) is 0 Å². The Morgan fingerprint density at radius 3 is 2.88 bits per heavy atom. The van der Waals surface area contributed by atoms with Crippen LogP contribution in [0.3, 0.4) is 0 Å². The summed E-state index contributed by atoms with van der Waals surface area (Å²) in [5.41, 5.74) is 0. The number of amidine groups is 1. The average molecular weight is 238 g/mol. The van der Waals surface area contributed by atoms with Crippen LogP contribution in [0.4, 0.5) is 0 Å². The average Bonchev–Trinajstić information content (AvgIpc) is 2.87. The van der Waals surface area contributed by atoms with Gasteiger partial charge in [0.1, 0.15) is 0 Å². The highest BCUT2D eigenvalue weighted by molar-refractivity contribution is 8.14. The van der Waals surface area contributed by atoms with Crippen LogP contribution in [-0.2, 0) is 0 Å². The molecule has 0 amide bonds. The molecule has 1 aliphatic heterocycles. The van der Waals surface area contributed by atoms with Crippen LogP contribution in [0.5, 0.6) is 0 Å². The number of nitrogens with zero attached hydrogens (tertiary/aromatic N) is 1. The Kier molecular flexibility index (Phi) is 3.14. The second kappa shape index (κ2) is 4.59. The molecule has 0 bridgehead atoms. The Balaban J connectivity index is 1.39. The Hall–Kier alpha value is -0.180. The molecule has 2 aliphatic carbocycles. The molecule has 3 heteroatoms. The summed E-state index contributed by atoms with van der Waals surface area (Å²) in [6.07, 6.45) is 7.15. The quantitative estimate of drug-likeness (QED) is 0.817. The predicted molar refractivity (Wildman–Crippen MR) is 70.9 cm³/mol. The summed E-state index contributed by atoms with van der Waals surface area (Å²) in [6, 6.07) is 0. The number of rotatable bonds is 3. The summed E-state index contributed by atoms with van der Waals surface area (Å²) in [7, 11) is 0. The van der Waals surface area contributed by atoms with E-state index in [0.717, 1.165) is 36.1 Å². The minimum Gasteiger partial charge on any atom is -0.365 e.